The van der Waals surface area contributed by atoms with Gasteiger partial charge in [0.1, 0.15) is 11.6 Å². The monoisotopic (exact) mass is 384 g/mol. The number of benzene rings is 2. The predicted octanol–water partition coefficient (Wildman–Crippen LogP) is 4.14. The van der Waals surface area contributed by atoms with Crippen LogP contribution in [0.5, 0.6) is 5.75 Å². The van der Waals surface area contributed by atoms with Crippen LogP contribution in [0.25, 0.3) is 0 Å². The molecule has 1 atom stereocenters. The van der Waals surface area contributed by atoms with Gasteiger partial charge in [-0.15, -0.1) is 0 Å². The fraction of sp³-hybridized carbons (Fsp3) is 0.435. The summed E-state index contributed by atoms with van der Waals surface area (Å²) in [7, 11) is 0. The van der Waals surface area contributed by atoms with Crippen LogP contribution in [0.3, 0.4) is 0 Å². The summed E-state index contributed by atoms with van der Waals surface area (Å²) in [5.41, 5.74) is 2.39. The van der Waals surface area contributed by atoms with E-state index in [4.69, 9.17) is 4.74 Å². The number of nitrogens with zero attached hydrogens (tertiary/aromatic N) is 1. The van der Waals surface area contributed by atoms with E-state index in [1.807, 2.05) is 0 Å². The first-order chi connectivity index (χ1) is 13.6. The zero-order chi connectivity index (χ0) is 19.8. The quantitative estimate of drug-likeness (QED) is 0.744. The minimum absolute atomic E-state index is 0.0808. The number of halogens is 1. The molecule has 0 saturated carbocycles. The molecule has 150 valence electrons. The average molecular weight is 384 g/mol. The maximum Gasteiger partial charge on any atom is 0.223 e. The normalized spacial score (nSPS) is 17.3. The third-order valence-electron chi connectivity index (χ3n) is 5.05. The second-order valence-corrected chi connectivity index (χ2v) is 7.63. The van der Waals surface area contributed by atoms with Gasteiger partial charge >= 0.3 is 0 Å². The van der Waals surface area contributed by atoms with Crippen molar-refractivity contribution in [3.8, 4) is 5.75 Å². The van der Waals surface area contributed by atoms with Crippen molar-refractivity contribution in [2.24, 2.45) is 5.92 Å². The van der Waals surface area contributed by atoms with Crippen LogP contribution >= 0.6 is 0 Å². The maximum atomic E-state index is 13.1. The van der Waals surface area contributed by atoms with Crippen LogP contribution in [0.4, 0.5) is 4.39 Å². The summed E-state index contributed by atoms with van der Waals surface area (Å²) in [5, 5.41) is 2.90. The van der Waals surface area contributed by atoms with E-state index in [9.17, 15) is 9.18 Å². The molecule has 0 radical (unpaired) electrons. The van der Waals surface area contributed by atoms with Crippen LogP contribution in [0.15, 0.2) is 48.5 Å². The van der Waals surface area contributed by atoms with Crippen LogP contribution in [-0.2, 0) is 17.9 Å². The van der Waals surface area contributed by atoms with E-state index in [1.54, 1.807) is 12.1 Å². The van der Waals surface area contributed by atoms with Crippen LogP contribution in [0, 0.1) is 11.7 Å². The first kappa shape index (κ1) is 20.3. The first-order valence-corrected chi connectivity index (χ1v) is 10.0. The van der Waals surface area contributed by atoms with Crippen LogP contribution in [0.2, 0.25) is 0 Å². The van der Waals surface area contributed by atoms with Crippen molar-refractivity contribution in [3.05, 3.63) is 65.5 Å². The molecule has 0 spiro atoms. The molecule has 1 heterocycles. The van der Waals surface area contributed by atoms with Gasteiger partial charge in [0.2, 0.25) is 5.91 Å². The Bertz CT molecular complexity index is 763. The van der Waals surface area contributed by atoms with Gasteiger partial charge in [0, 0.05) is 25.7 Å². The summed E-state index contributed by atoms with van der Waals surface area (Å²) in [4.78, 5) is 14.5. The second kappa shape index (κ2) is 10.2. The number of carbonyl (C=O) groups is 1. The molecule has 1 aliphatic heterocycles. The molecule has 2 aromatic carbocycles. The fourth-order valence-electron chi connectivity index (χ4n) is 3.56. The number of ether oxygens (including phenoxy) is 1. The van der Waals surface area contributed by atoms with Gasteiger partial charge in [-0.2, -0.15) is 0 Å². The minimum atomic E-state index is -0.347. The number of nitrogens with one attached hydrogen (secondary N) is 1. The summed E-state index contributed by atoms with van der Waals surface area (Å²) in [5.74, 6) is 0.794. The summed E-state index contributed by atoms with van der Waals surface area (Å²) >= 11 is 0. The zero-order valence-corrected chi connectivity index (χ0v) is 16.5. The van der Waals surface area contributed by atoms with E-state index in [0.717, 1.165) is 18.0 Å². The Kier molecular flexibility index (Phi) is 7.43. The highest BCUT2D eigenvalue weighted by Gasteiger charge is 2.16. The Labute approximate surface area is 166 Å². The highest BCUT2D eigenvalue weighted by atomic mass is 19.1. The topological polar surface area (TPSA) is 41.6 Å². The fourth-order valence-corrected chi connectivity index (χ4v) is 3.56. The van der Waals surface area contributed by atoms with E-state index in [0.29, 0.717) is 12.3 Å². The van der Waals surface area contributed by atoms with E-state index < -0.39 is 0 Å². The Morgan fingerprint density at radius 1 is 1.21 bits per heavy atom. The third-order valence-corrected chi connectivity index (χ3v) is 5.05. The van der Waals surface area contributed by atoms with Gasteiger partial charge in [-0.3, -0.25) is 9.69 Å². The molecule has 3 rings (SSSR count). The molecule has 0 aromatic heterocycles. The molecule has 1 aliphatic rings. The van der Waals surface area contributed by atoms with Gasteiger partial charge < -0.3 is 10.1 Å². The molecule has 1 N–H and O–H groups in total. The Morgan fingerprint density at radius 3 is 2.75 bits per heavy atom. The second-order valence-electron chi connectivity index (χ2n) is 7.63. The van der Waals surface area contributed by atoms with Gasteiger partial charge in [0.05, 0.1) is 13.0 Å². The zero-order valence-electron chi connectivity index (χ0n) is 16.5. The number of likely N-dealkylation sites (tertiary alicyclic amines) is 1. The van der Waals surface area contributed by atoms with Gasteiger partial charge in [-0.05, 0) is 48.6 Å². The maximum absolute atomic E-state index is 13.1. The van der Waals surface area contributed by atoms with Crippen molar-refractivity contribution < 1.29 is 13.9 Å². The molecule has 5 heteroatoms. The van der Waals surface area contributed by atoms with Crippen LogP contribution < -0.4 is 10.1 Å². The lowest BCUT2D eigenvalue weighted by Gasteiger charge is -2.30. The number of piperidine rings is 1. The molecule has 1 fully saturated rings. The number of hydrogen-bond acceptors (Lipinski definition) is 3. The molecule has 1 amide bonds. The van der Waals surface area contributed by atoms with Gasteiger partial charge in [-0.25, -0.2) is 4.39 Å². The molecule has 2 aromatic rings. The lowest BCUT2D eigenvalue weighted by molar-refractivity contribution is -0.121. The number of carbonyl (C=O) groups excluding carboxylic acids is 1. The minimum Gasteiger partial charge on any atom is -0.493 e. The van der Waals surface area contributed by atoms with E-state index in [2.05, 4.69) is 41.4 Å². The summed E-state index contributed by atoms with van der Waals surface area (Å²) in [6.45, 7) is 6.40. The Morgan fingerprint density at radius 2 is 2.00 bits per heavy atom. The van der Waals surface area contributed by atoms with Gasteiger partial charge in [0.25, 0.3) is 0 Å². The SMILES string of the molecule is C[C@H]1CCCN(Cc2ccc(CNC(=O)CCOc3cccc(F)c3)cc2)C1. The van der Waals surface area contributed by atoms with Crippen LogP contribution in [-0.4, -0.2) is 30.5 Å². The Balaban J connectivity index is 1.36. The third kappa shape index (κ3) is 6.64. The summed E-state index contributed by atoms with van der Waals surface area (Å²) in [6, 6.07) is 14.4. The lowest BCUT2D eigenvalue weighted by atomic mass is 9.99. The van der Waals surface area contributed by atoms with Crippen molar-refractivity contribution >= 4 is 5.91 Å². The van der Waals surface area contributed by atoms with Gasteiger partial charge in [0.15, 0.2) is 0 Å². The smallest absolute Gasteiger partial charge is 0.223 e. The molecular weight excluding hydrogens is 355 g/mol. The molecule has 0 bridgehead atoms. The predicted molar refractivity (Wildman–Crippen MR) is 108 cm³/mol. The number of hydrogen-bond donors (Lipinski definition) is 1. The van der Waals surface area contributed by atoms with Crippen molar-refractivity contribution in [2.75, 3.05) is 19.7 Å². The van der Waals surface area contributed by atoms with Crippen molar-refractivity contribution in [2.45, 2.75) is 39.3 Å². The highest BCUT2D eigenvalue weighted by molar-refractivity contribution is 5.76. The molecule has 0 unspecified atom stereocenters. The molecule has 28 heavy (non-hydrogen) atoms. The van der Waals surface area contributed by atoms with Crippen molar-refractivity contribution in [1.82, 2.24) is 10.2 Å². The van der Waals surface area contributed by atoms with E-state index in [1.165, 1.54) is 43.6 Å². The van der Waals surface area contributed by atoms with Crippen LogP contribution in [0.1, 0.15) is 37.3 Å². The first-order valence-electron chi connectivity index (χ1n) is 10.0. The summed E-state index contributed by atoms with van der Waals surface area (Å²) in [6.07, 6.45) is 2.86. The number of amides is 1. The lowest BCUT2D eigenvalue weighted by Crippen LogP contribution is -2.33. The largest absolute Gasteiger partial charge is 0.493 e. The molecule has 1 saturated heterocycles. The van der Waals surface area contributed by atoms with E-state index in [-0.39, 0.29) is 24.8 Å². The standard InChI is InChI=1S/C23H29FN2O2/c1-18-4-3-12-26(16-18)17-20-9-7-19(8-10-20)15-25-23(27)11-13-28-22-6-2-5-21(24)14-22/h2,5-10,14,18H,3-4,11-13,15-17H2,1H3,(H,25,27)/t18-/m0/s1. The number of rotatable bonds is 8. The molecule has 0 aliphatic carbocycles. The molecular formula is C23H29FN2O2. The molecule has 4 nitrogen and oxygen atoms in total. The highest BCUT2D eigenvalue weighted by Crippen LogP contribution is 2.18. The summed E-state index contributed by atoms with van der Waals surface area (Å²) < 4.78 is 18.5. The van der Waals surface area contributed by atoms with E-state index >= 15 is 0 Å². The Hall–Kier alpha value is -2.40. The average Bonchev–Trinajstić information content (AvgIpc) is 2.68. The van der Waals surface area contributed by atoms with Gasteiger partial charge in [-0.1, -0.05) is 37.3 Å². The van der Waals surface area contributed by atoms with Crippen molar-refractivity contribution in [3.63, 3.8) is 0 Å². The van der Waals surface area contributed by atoms with Crippen molar-refractivity contribution in [1.29, 1.82) is 0 Å².